The molecule has 5 nitrogen and oxygen atoms in total. The van der Waals surface area contributed by atoms with Gasteiger partial charge < -0.3 is 10.8 Å². The van der Waals surface area contributed by atoms with E-state index >= 15 is 0 Å². The van der Waals surface area contributed by atoms with Crippen LogP contribution < -0.4 is 5.73 Å². The molecule has 82 valence electrons. The zero-order chi connectivity index (χ0) is 11.6. The van der Waals surface area contributed by atoms with Crippen molar-refractivity contribution in [1.82, 2.24) is 0 Å². The van der Waals surface area contributed by atoms with E-state index in [0.717, 1.165) is 6.07 Å². The number of phenols is 1. The summed E-state index contributed by atoms with van der Waals surface area (Å²) in [6.45, 7) is 3.42. The quantitative estimate of drug-likeness (QED) is 0.310. The first-order valence-electron chi connectivity index (χ1n) is 4.06. The summed E-state index contributed by atoms with van der Waals surface area (Å²) in [6, 6.07) is 2.36. The van der Waals surface area contributed by atoms with E-state index in [4.69, 9.17) is 10.3 Å². The smallest absolute Gasteiger partial charge is 0.294 e. The summed E-state index contributed by atoms with van der Waals surface area (Å²) in [5.41, 5.74) is 5.51. The van der Waals surface area contributed by atoms with Gasteiger partial charge in [0.2, 0.25) is 0 Å². The average Bonchev–Trinajstić information content (AvgIpc) is 2.11. The van der Waals surface area contributed by atoms with E-state index in [-0.39, 0.29) is 28.3 Å². The summed E-state index contributed by atoms with van der Waals surface area (Å²) in [7, 11) is -4.36. The molecule has 1 aromatic rings. The minimum atomic E-state index is -4.36. The highest BCUT2D eigenvalue weighted by molar-refractivity contribution is 7.85. The van der Waals surface area contributed by atoms with Gasteiger partial charge in [-0.05, 0) is 18.6 Å². The number of rotatable bonds is 3. The Kier molecular flexibility index (Phi) is 3.01. The number of phenolic OH excluding ortho intramolecular Hbond substituents is 1. The highest BCUT2D eigenvalue weighted by Gasteiger charge is 2.18. The van der Waals surface area contributed by atoms with Crippen LogP contribution in [0.5, 0.6) is 5.75 Å². The van der Waals surface area contributed by atoms with Crippen LogP contribution in [0.1, 0.15) is 5.56 Å². The van der Waals surface area contributed by atoms with Crippen LogP contribution in [0.25, 0.3) is 0 Å². The molecule has 0 saturated heterocycles. The van der Waals surface area contributed by atoms with Crippen LogP contribution >= 0.6 is 0 Å². The molecule has 1 rings (SSSR count). The first-order chi connectivity index (χ1) is 6.88. The molecule has 15 heavy (non-hydrogen) atoms. The minimum absolute atomic E-state index is 0.0486. The Balaban J connectivity index is 3.53. The zero-order valence-corrected chi connectivity index (χ0v) is 8.66. The highest BCUT2D eigenvalue weighted by Crippen LogP contribution is 2.31. The number of nitrogen functional groups attached to an aromatic ring is 1. The van der Waals surface area contributed by atoms with Crippen molar-refractivity contribution in [2.45, 2.75) is 11.3 Å². The third kappa shape index (κ3) is 2.28. The van der Waals surface area contributed by atoms with E-state index < -0.39 is 10.1 Å². The van der Waals surface area contributed by atoms with E-state index in [2.05, 4.69) is 6.58 Å². The molecule has 6 heteroatoms. The lowest BCUT2D eigenvalue weighted by Crippen LogP contribution is -2.04. The first kappa shape index (κ1) is 11.5. The standard InChI is InChI=1S/C9H11NO4S/c1-2-3-6-8(15(12,13)14)5-4-7(10)9(6)11/h2,4-5,11H,1,3,10H2,(H,12,13,14). The summed E-state index contributed by atoms with van der Waals surface area (Å²) in [4.78, 5) is -0.353. The highest BCUT2D eigenvalue weighted by atomic mass is 32.2. The van der Waals surface area contributed by atoms with Crippen LogP contribution in [0.2, 0.25) is 0 Å². The Morgan fingerprint density at radius 1 is 1.47 bits per heavy atom. The number of aromatic hydroxyl groups is 1. The van der Waals surface area contributed by atoms with Gasteiger partial charge >= 0.3 is 0 Å². The largest absolute Gasteiger partial charge is 0.505 e. The topological polar surface area (TPSA) is 101 Å². The van der Waals surface area contributed by atoms with Crippen LogP contribution in [0, 0.1) is 0 Å². The van der Waals surface area contributed by atoms with E-state index in [1.54, 1.807) is 0 Å². The van der Waals surface area contributed by atoms with Crippen LogP contribution in [-0.4, -0.2) is 18.1 Å². The molecule has 0 bridgehead atoms. The van der Waals surface area contributed by atoms with Crippen molar-refractivity contribution >= 4 is 15.8 Å². The Hall–Kier alpha value is -1.53. The van der Waals surface area contributed by atoms with Gasteiger partial charge in [0, 0.05) is 5.56 Å². The van der Waals surface area contributed by atoms with Gasteiger partial charge in [0.15, 0.2) is 0 Å². The Labute approximate surface area is 87.6 Å². The van der Waals surface area contributed by atoms with Gasteiger partial charge in [-0.2, -0.15) is 8.42 Å². The second-order valence-electron chi connectivity index (χ2n) is 2.95. The maximum absolute atomic E-state index is 11.0. The molecule has 0 fully saturated rings. The Morgan fingerprint density at radius 3 is 2.53 bits per heavy atom. The zero-order valence-electron chi connectivity index (χ0n) is 7.84. The van der Waals surface area contributed by atoms with Gasteiger partial charge in [0.1, 0.15) is 10.6 Å². The van der Waals surface area contributed by atoms with E-state index in [0.29, 0.717) is 0 Å². The van der Waals surface area contributed by atoms with Crippen LogP contribution in [0.3, 0.4) is 0 Å². The molecule has 0 spiro atoms. The van der Waals surface area contributed by atoms with Crippen molar-refractivity contribution in [3.8, 4) is 5.75 Å². The van der Waals surface area contributed by atoms with Gasteiger partial charge in [-0.1, -0.05) is 6.08 Å². The second-order valence-corrected chi connectivity index (χ2v) is 4.34. The predicted octanol–water partition coefficient (Wildman–Crippen LogP) is 0.950. The van der Waals surface area contributed by atoms with E-state index in [1.165, 1.54) is 12.1 Å². The third-order valence-electron chi connectivity index (χ3n) is 1.90. The molecular formula is C9H11NO4S. The molecule has 0 aliphatic heterocycles. The van der Waals surface area contributed by atoms with E-state index in [9.17, 15) is 13.5 Å². The van der Waals surface area contributed by atoms with Gasteiger partial charge in [0.25, 0.3) is 10.1 Å². The molecule has 0 heterocycles. The third-order valence-corrected chi connectivity index (χ3v) is 2.84. The van der Waals surface area contributed by atoms with Crippen molar-refractivity contribution in [3.63, 3.8) is 0 Å². The lowest BCUT2D eigenvalue weighted by Gasteiger charge is -2.09. The second kappa shape index (κ2) is 3.92. The van der Waals surface area contributed by atoms with Crippen molar-refractivity contribution in [2.75, 3.05) is 5.73 Å². The Morgan fingerprint density at radius 2 is 2.07 bits per heavy atom. The predicted molar refractivity (Wildman–Crippen MR) is 56.2 cm³/mol. The summed E-state index contributed by atoms with van der Waals surface area (Å²) >= 11 is 0. The van der Waals surface area contributed by atoms with Crippen LogP contribution in [0.15, 0.2) is 29.7 Å². The van der Waals surface area contributed by atoms with Crippen molar-refractivity contribution in [3.05, 3.63) is 30.4 Å². The number of anilines is 1. The van der Waals surface area contributed by atoms with Crippen LogP contribution in [-0.2, 0) is 16.5 Å². The fourth-order valence-electron chi connectivity index (χ4n) is 1.22. The maximum atomic E-state index is 11.0. The van der Waals surface area contributed by atoms with E-state index in [1.807, 2.05) is 0 Å². The molecule has 0 atom stereocenters. The van der Waals surface area contributed by atoms with Gasteiger partial charge in [-0.15, -0.1) is 6.58 Å². The fourth-order valence-corrected chi connectivity index (χ4v) is 1.95. The van der Waals surface area contributed by atoms with Gasteiger partial charge in [0.05, 0.1) is 5.69 Å². The molecule has 4 N–H and O–H groups in total. The molecule has 0 unspecified atom stereocenters. The van der Waals surface area contributed by atoms with Crippen molar-refractivity contribution < 1.29 is 18.1 Å². The van der Waals surface area contributed by atoms with Crippen molar-refractivity contribution in [1.29, 1.82) is 0 Å². The molecule has 0 aliphatic rings. The minimum Gasteiger partial charge on any atom is -0.505 e. The summed E-state index contributed by atoms with van der Waals surface area (Å²) < 4.78 is 30.8. The van der Waals surface area contributed by atoms with Gasteiger partial charge in [-0.3, -0.25) is 4.55 Å². The lowest BCUT2D eigenvalue weighted by molar-refractivity contribution is 0.462. The molecule has 0 aromatic heterocycles. The van der Waals surface area contributed by atoms with Gasteiger partial charge in [-0.25, -0.2) is 0 Å². The lowest BCUT2D eigenvalue weighted by atomic mass is 10.1. The molecule has 0 amide bonds. The van der Waals surface area contributed by atoms with Crippen LogP contribution in [0.4, 0.5) is 5.69 Å². The number of nitrogens with two attached hydrogens (primary N) is 1. The molecule has 0 aliphatic carbocycles. The summed E-state index contributed by atoms with van der Waals surface area (Å²) in [6.07, 6.45) is 1.51. The normalized spacial score (nSPS) is 11.3. The fraction of sp³-hybridized carbons (Fsp3) is 0.111. The maximum Gasteiger partial charge on any atom is 0.294 e. The summed E-state index contributed by atoms with van der Waals surface area (Å²) in [5.74, 6) is -0.343. The van der Waals surface area contributed by atoms with Crippen molar-refractivity contribution in [2.24, 2.45) is 0 Å². The Bertz CT molecular complexity index is 493. The molecule has 1 aromatic carbocycles. The number of hydrogen-bond donors (Lipinski definition) is 3. The first-order valence-corrected chi connectivity index (χ1v) is 5.50. The number of allylic oxidation sites excluding steroid dienone is 1. The molecule has 0 radical (unpaired) electrons. The average molecular weight is 229 g/mol. The SMILES string of the molecule is C=CCc1c(S(=O)(=O)O)ccc(N)c1O. The summed E-state index contributed by atoms with van der Waals surface area (Å²) in [5, 5.41) is 9.52. The monoisotopic (exact) mass is 229 g/mol. The number of benzene rings is 1. The molecular weight excluding hydrogens is 218 g/mol. The number of hydrogen-bond acceptors (Lipinski definition) is 4. The molecule has 0 saturated carbocycles.